The van der Waals surface area contributed by atoms with Crippen molar-refractivity contribution in [1.29, 1.82) is 0 Å². The van der Waals surface area contributed by atoms with Gasteiger partial charge in [-0.05, 0) is 69.1 Å². The van der Waals surface area contributed by atoms with Gasteiger partial charge >= 0.3 is 0 Å². The fourth-order valence-electron chi connectivity index (χ4n) is 3.20. The average molecular weight is 428 g/mol. The molecule has 3 rings (SSSR count). The van der Waals surface area contributed by atoms with Crippen LogP contribution >= 0.6 is 46.9 Å². The molecule has 140 valence electrons. The summed E-state index contributed by atoms with van der Waals surface area (Å²) in [6.45, 7) is 5.00. The minimum absolute atomic E-state index is 0.165. The molecule has 8 heteroatoms. The summed E-state index contributed by atoms with van der Waals surface area (Å²) in [4.78, 5) is 15.0. The van der Waals surface area contributed by atoms with Crippen LogP contribution in [0, 0.1) is 3.95 Å². The molecule has 1 aromatic carbocycles. The lowest BCUT2D eigenvalue weighted by Crippen LogP contribution is -2.46. The number of rotatable bonds is 5. The molecule has 0 bridgehead atoms. The van der Waals surface area contributed by atoms with Crippen LogP contribution in [-0.4, -0.2) is 38.4 Å². The molecule has 26 heavy (non-hydrogen) atoms. The monoisotopic (exact) mass is 427 g/mol. The molecule has 4 nitrogen and oxygen atoms in total. The van der Waals surface area contributed by atoms with Crippen molar-refractivity contribution in [3.8, 4) is 5.69 Å². The maximum atomic E-state index is 12.9. The first-order chi connectivity index (χ1) is 12.5. The number of nitrogens with zero attached hydrogens (tertiary/aromatic N) is 3. The summed E-state index contributed by atoms with van der Waals surface area (Å²) in [5.74, 6) is 0.209. The second-order valence-corrected chi connectivity index (χ2v) is 10.0. The van der Waals surface area contributed by atoms with E-state index in [9.17, 15) is 4.79 Å². The van der Waals surface area contributed by atoms with Crippen LogP contribution < -0.4 is 0 Å². The van der Waals surface area contributed by atoms with Crippen molar-refractivity contribution in [3.05, 3.63) is 33.2 Å². The van der Waals surface area contributed by atoms with Gasteiger partial charge in [-0.1, -0.05) is 41.6 Å². The zero-order valence-corrected chi connectivity index (χ0v) is 18.1. The number of hydrogen-bond donors (Lipinski definition) is 0. The molecule has 1 aromatic heterocycles. The highest BCUT2D eigenvalue weighted by atomic mass is 35.5. The van der Waals surface area contributed by atoms with E-state index in [1.165, 1.54) is 29.5 Å². The van der Waals surface area contributed by atoms with Crippen molar-refractivity contribution in [2.45, 2.75) is 55.2 Å². The molecule has 1 saturated heterocycles. The Kier molecular flexibility index (Phi) is 6.77. The normalized spacial score (nSPS) is 18.7. The maximum absolute atomic E-state index is 12.9. The second-order valence-electron chi connectivity index (χ2n) is 6.37. The number of amides is 1. The number of carbonyl (C=O) groups excluding carboxylic acids is 1. The molecule has 0 saturated carbocycles. The number of likely N-dealkylation sites (tertiary alicyclic amines) is 1. The summed E-state index contributed by atoms with van der Waals surface area (Å²) in [6.07, 6.45) is 4.46. The van der Waals surface area contributed by atoms with Crippen LogP contribution in [0.5, 0.6) is 0 Å². The summed E-state index contributed by atoms with van der Waals surface area (Å²) < 4.78 is 3.21. The lowest BCUT2D eigenvalue weighted by molar-refractivity contribution is -0.134. The number of benzene rings is 1. The van der Waals surface area contributed by atoms with Gasteiger partial charge in [0.1, 0.15) is 0 Å². The van der Waals surface area contributed by atoms with E-state index in [0.717, 1.165) is 35.8 Å². The van der Waals surface area contributed by atoms with Crippen molar-refractivity contribution in [1.82, 2.24) is 14.7 Å². The summed E-state index contributed by atoms with van der Waals surface area (Å²) in [5, 5.41) is 5.11. The molecule has 0 N–H and O–H groups in total. The smallest absolute Gasteiger partial charge is 0.236 e. The molecule has 2 heterocycles. The maximum Gasteiger partial charge on any atom is 0.236 e. The van der Waals surface area contributed by atoms with Gasteiger partial charge in [-0.2, -0.15) is 0 Å². The molecule has 1 aliphatic rings. The van der Waals surface area contributed by atoms with Crippen molar-refractivity contribution in [2.75, 3.05) is 6.54 Å². The molecular formula is C18H22ClN3OS3. The first-order valence-electron chi connectivity index (χ1n) is 8.83. The fraction of sp³-hybridized carbons (Fsp3) is 0.500. The Hall–Kier alpha value is -0.890. The third kappa shape index (κ3) is 4.50. The van der Waals surface area contributed by atoms with Gasteiger partial charge in [0.05, 0.1) is 10.9 Å². The quantitative estimate of drug-likeness (QED) is 0.460. The highest BCUT2D eigenvalue weighted by Crippen LogP contribution is 2.30. The number of carbonyl (C=O) groups is 1. The van der Waals surface area contributed by atoms with Gasteiger partial charge in [-0.25, -0.2) is 4.68 Å². The minimum atomic E-state index is -0.165. The molecule has 2 atom stereocenters. The van der Waals surface area contributed by atoms with Crippen LogP contribution in [0.2, 0.25) is 5.02 Å². The zero-order valence-electron chi connectivity index (χ0n) is 14.9. The van der Waals surface area contributed by atoms with Gasteiger partial charge in [0.15, 0.2) is 8.29 Å². The van der Waals surface area contributed by atoms with E-state index in [-0.39, 0.29) is 11.2 Å². The molecule has 0 aliphatic carbocycles. The predicted octanol–water partition coefficient (Wildman–Crippen LogP) is 5.59. The Balaban J connectivity index is 1.72. The van der Waals surface area contributed by atoms with Crippen LogP contribution in [0.25, 0.3) is 5.69 Å². The van der Waals surface area contributed by atoms with E-state index in [2.05, 4.69) is 16.9 Å². The number of halogens is 1. The third-order valence-electron chi connectivity index (χ3n) is 4.61. The van der Waals surface area contributed by atoms with Gasteiger partial charge in [0, 0.05) is 17.6 Å². The Morgan fingerprint density at radius 3 is 2.85 bits per heavy atom. The Morgan fingerprint density at radius 2 is 2.15 bits per heavy atom. The highest BCUT2D eigenvalue weighted by molar-refractivity contribution is 8.02. The van der Waals surface area contributed by atoms with E-state index in [1.54, 1.807) is 4.68 Å². The van der Waals surface area contributed by atoms with E-state index < -0.39 is 0 Å². The third-order valence-corrected chi connectivity index (χ3v) is 7.26. The van der Waals surface area contributed by atoms with Gasteiger partial charge < -0.3 is 4.90 Å². The average Bonchev–Trinajstić information content (AvgIpc) is 3.01. The van der Waals surface area contributed by atoms with Crippen LogP contribution in [0.15, 0.2) is 28.6 Å². The van der Waals surface area contributed by atoms with Crippen molar-refractivity contribution >= 4 is 52.8 Å². The zero-order chi connectivity index (χ0) is 18.7. The van der Waals surface area contributed by atoms with E-state index in [1.807, 2.05) is 31.2 Å². The fourth-order valence-corrected chi connectivity index (χ4v) is 5.91. The van der Waals surface area contributed by atoms with E-state index >= 15 is 0 Å². The minimum Gasteiger partial charge on any atom is -0.339 e. The summed E-state index contributed by atoms with van der Waals surface area (Å²) in [5.41, 5.74) is 0.878. The van der Waals surface area contributed by atoms with E-state index in [0.29, 0.717) is 15.0 Å². The van der Waals surface area contributed by atoms with Crippen LogP contribution in [-0.2, 0) is 4.79 Å². The highest BCUT2D eigenvalue weighted by Gasteiger charge is 2.29. The van der Waals surface area contributed by atoms with Gasteiger partial charge in [-0.15, -0.1) is 5.10 Å². The first kappa shape index (κ1) is 19.9. The molecule has 0 spiro atoms. The second kappa shape index (κ2) is 8.87. The number of hydrogen-bond acceptors (Lipinski definition) is 5. The Bertz CT molecular complexity index is 818. The number of piperidine rings is 1. The lowest BCUT2D eigenvalue weighted by Gasteiger charge is -2.36. The summed E-state index contributed by atoms with van der Waals surface area (Å²) in [6, 6.07) is 7.79. The molecule has 1 aliphatic heterocycles. The van der Waals surface area contributed by atoms with E-state index in [4.69, 9.17) is 23.8 Å². The largest absolute Gasteiger partial charge is 0.339 e. The molecule has 0 unspecified atom stereocenters. The topological polar surface area (TPSA) is 38.1 Å². The molecule has 1 amide bonds. The summed E-state index contributed by atoms with van der Waals surface area (Å²) in [7, 11) is 0. The van der Waals surface area contributed by atoms with Gasteiger partial charge in [0.2, 0.25) is 5.91 Å². The number of aromatic nitrogens is 2. The van der Waals surface area contributed by atoms with Crippen LogP contribution in [0.4, 0.5) is 0 Å². The Morgan fingerprint density at radius 1 is 1.42 bits per heavy atom. The Labute approximate surface area is 172 Å². The molecule has 1 fully saturated rings. The van der Waals surface area contributed by atoms with Crippen LogP contribution in [0.3, 0.4) is 0 Å². The molecular weight excluding hydrogens is 406 g/mol. The molecule has 0 radical (unpaired) electrons. The molecule has 2 aromatic rings. The lowest BCUT2D eigenvalue weighted by atomic mass is 10.00. The predicted molar refractivity (Wildman–Crippen MR) is 112 cm³/mol. The van der Waals surface area contributed by atoms with Gasteiger partial charge in [-0.3, -0.25) is 4.79 Å². The summed E-state index contributed by atoms with van der Waals surface area (Å²) >= 11 is 14.3. The standard InChI is InChI=1S/C18H22ClN3OS3/c1-3-14-6-4-5-11-21(14)16(23)12(2)25-17-20-22(18(24)26-17)15-9-7-13(19)8-10-15/h7-10,12,14H,3-6,11H2,1-2H3/t12-,14-/m0/s1. The van der Waals surface area contributed by atoms with Crippen molar-refractivity contribution in [3.63, 3.8) is 0 Å². The number of thioether (sulfide) groups is 1. The first-order valence-corrected chi connectivity index (χ1v) is 11.3. The van der Waals surface area contributed by atoms with Gasteiger partial charge in [0.25, 0.3) is 0 Å². The SMILES string of the molecule is CC[C@H]1CCCCN1C(=O)[C@H](C)Sc1nn(-c2ccc(Cl)cc2)c(=S)s1. The van der Waals surface area contributed by atoms with Crippen LogP contribution in [0.1, 0.15) is 39.5 Å². The van der Waals surface area contributed by atoms with Crippen molar-refractivity contribution < 1.29 is 4.79 Å². The van der Waals surface area contributed by atoms with Crippen molar-refractivity contribution in [2.24, 2.45) is 0 Å².